The van der Waals surface area contributed by atoms with Gasteiger partial charge in [-0.05, 0) is 36.4 Å². The van der Waals surface area contributed by atoms with Crippen molar-refractivity contribution < 1.29 is 14.8 Å². The monoisotopic (exact) mass is 420 g/mol. The number of nitrogens with one attached hydrogen (secondary N) is 1. The van der Waals surface area contributed by atoms with E-state index in [1.54, 1.807) is 36.5 Å². The lowest BCUT2D eigenvalue weighted by molar-refractivity contribution is -0.387. The highest BCUT2D eigenvalue weighted by atomic mass is 32.2. The maximum absolute atomic E-state index is 11.4. The molecule has 150 valence electrons. The number of fused-ring (bicyclic) bond motifs is 1. The summed E-state index contributed by atoms with van der Waals surface area (Å²) in [5.41, 5.74) is 2.12. The molecule has 0 bridgehead atoms. The van der Waals surface area contributed by atoms with Gasteiger partial charge in [-0.3, -0.25) is 20.4 Å². The van der Waals surface area contributed by atoms with Gasteiger partial charge in [-0.25, -0.2) is 4.79 Å². The minimum Gasteiger partial charge on any atom is -0.465 e. The fraction of sp³-hybridized carbons (Fsp3) is 0.0476. The number of nitrogens with zero attached hydrogens (tertiary/aromatic N) is 3. The molecule has 0 aliphatic rings. The smallest absolute Gasteiger partial charge is 0.409 e. The Morgan fingerprint density at radius 3 is 2.67 bits per heavy atom. The molecule has 2 aromatic carbocycles. The van der Waals surface area contributed by atoms with Crippen LogP contribution in [-0.4, -0.2) is 25.7 Å². The first-order chi connectivity index (χ1) is 14.5. The molecule has 1 amide bonds. The summed E-state index contributed by atoms with van der Waals surface area (Å²) < 4.78 is 1.96. The van der Waals surface area contributed by atoms with E-state index in [0.29, 0.717) is 17.1 Å². The zero-order chi connectivity index (χ0) is 21.1. The van der Waals surface area contributed by atoms with Crippen LogP contribution in [0.4, 0.5) is 16.2 Å². The Kier molecular flexibility index (Phi) is 5.36. The minimum atomic E-state index is -1.15. The molecule has 4 rings (SSSR count). The highest BCUT2D eigenvalue weighted by Gasteiger charge is 2.17. The van der Waals surface area contributed by atoms with Gasteiger partial charge in [0.1, 0.15) is 0 Å². The molecule has 2 N–H and O–H groups in total. The van der Waals surface area contributed by atoms with Crippen LogP contribution >= 0.6 is 11.8 Å². The number of nitro benzene ring substituents is 1. The van der Waals surface area contributed by atoms with E-state index in [1.165, 1.54) is 17.8 Å². The van der Waals surface area contributed by atoms with E-state index in [9.17, 15) is 14.9 Å². The molecule has 0 fully saturated rings. The molecule has 0 aliphatic carbocycles. The lowest BCUT2D eigenvalue weighted by Crippen LogP contribution is -2.07. The Balaban J connectivity index is 1.80. The number of aromatic nitrogens is 2. The van der Waals surface area contributed by atoms with Gasteiger partial charge in [0.15, 0.2) is 0 Å². The Bertz CT molecular complexity index is 1240. The molecule has 0 saturated heterocycles. The first-order valence-corrected chi connectivity index (χ1v) is 9.77. The number of rotatable bonds is 6. The first kappa shape index (κ1) is 19.5. The number of pyridine rings is 1. The maximum atomic E-state index is 11.4. The molecule has 0 radical (unpaired) electrons. The average molecular weight is 420 g/mol. The Labute approximate surface area is 175 Å². The van der Waals surface area contributed by atoms with Crippen molar-refractivity contribution in [1.82, 2.24) is 9.55 Å². The zero-order valence-corrected chi connectivity index (χ0v) is 16.4. The Hall–Kier alpha value is -3.85. The topological polar surface area (TPSA) is 110 Å². The Morgan fingerprint density at radius 1 is 1.13 bits per heavy atom. The first-order valence-electron chi connectivity index (χ1n) is 8.95. The van der Waals surface area contributed by atoms with E-state index in [4.69, 9.17) is 5.11 Å². The molecule has 30 heavy (non-hydrogen) atoms. The standard InChI is InChI=1S/C21H16N4O4S/c26-21(27)23-14-8-9-16-18(11-14)24(12-15-5-3-4-10-22-15)13-20(16)30-19-7-2-1-6-17(19)25(28)29/h1-11,13,23H,12H2,(H,26,27). The molecule has 4 aromatic rings. The minimum absolute atomic E-state index is 0.0392. The van der Waals surface area contributed by atoms with Crippen LogP contribution in [-0.2, 0) is 6.54 Å². The molecule has 0 spiro atoms. The molecule has 2 aromatic heterocycles. The lowest BCUT2D eigenvalue weighted by atomic mass is 10.2. The van der Waals surface area contributed by atoms with Crippen molar-refractivity contribution >= 4 is 40.1 Å². The second kappa shape index (κ2) is 8.26. The third-order valence-electron chi connectivity index (χ3n) is 4.44. The number of carbonyl (C=O) groups is 1. The van der Waals surface area contributed by atoms with Gasteiger partial charge in [0.2, 0.25) is 0 Å². The van der Waals surface area contributed by atoms with Crippen LogP contribution in [0.5, 0.6) is 0 Å². The molecular formula is C21H16N4O4S. The number of nitro groups is 1. The molecule has 0 saturated carbocycles. The summed E-state index contributed by atoms with van der Waals surface area (Å²) in [5.74, 6) is 0. The third-order valence-corrected chi connectivity index (χ3v) is 5.55. The second-order valence-corrected chi connectivity index (χ2v) is 7.52. The summed E-state index contributed by atoms with van der Waals surface area (Å²) in [7, 11) is 0. The highest BCUT2D eigenvalue weighted by molar-refractivity contribution is 7.99. The molecular weight excluding hydrogens is 404 g/mol. The maximum Gasteiger partial charge on any atom is 0.409 e. The fourth-order valence-electron chi connectivity index (χ4n) is 3.15. The van der Waals surface area contributed by atoms with Crippen LogP contribution in [0.25, 0.3) is 10.9 Å². The van der Waals surface area contributed by atoms with Crippen molar-refractivity contribution in [2.24, 2.45) is 0 Å². The van der Waals surface area contributed by atoms with Gasteiger partial charge in [0, 0.05) is 34.4 Å². The predicted molar refractivity (Wildman–Crippen MR) is 114 cm³/mol. The van der Waals surface area contributed by atoms with Crippen LogP contribution in [0.15, 0.2) is 82.8 Å². The molecule has 9 heteroatoms. The number of hydrogen-bond donors (Lipinski definition) is 2. The van der Waals surface area contributed by atoms with Gasteiger partial charge in [-0.15, -0.1) is 0 Å². The van der Waals surface area contributed by atoms with Gasteiger partial charge in [0.05, 0.1) is 27.6 Å². The van der Waals surface area contributed by atoms with Crippen LogP contribution in [0.2, 0.25) is 0 Å². The van der Waals surface area contributed by atoms with Gasteiger partial charge in [-0.2, -0.15) is 0 Å². The van der Waals surface area contributed by atoms with Gasteiger partial charge in [-0.1, -0.05) is 30.0 Å². The van der Waals surface area contributed by atoms with E-state index in [1.807, 2.05) is 35.0 Å². The number of para-hydroxylation sites is 1. The molecule has 2 heterocycles. The number of anilines is 1. The van der Waals surface area contributed by atoms with Crippen molar-refractivity contribution in [3.8, 4) is 0 Å². The SMILES string of the molecule is O=C(O)Nc1ccc2c(Sc3ccccc3[N+](=O)[O-])cn(Cc3ccccn3)c2c1. The van der Waals surface area contributed by atoms with E-state index < -0.39 is 11.0 Å². The lowest BCUT2D eigenvalue weighted by Gasteiger charge is -2.06. The summed E-state index contributed by atoms with van der Waals surface area (Å²) in [5, 5.41) is 23.6. The van der Waals surface area contributed by atoms with Crippen molar-refractivity contribution in [3.63, 3.8) is 0 Å². The van der Waals surface area contributed by atoms with Crippen molar-refractivity contribution in [2.75, 3.05) is 5.32 Å². The largest absolute Gasteiger partial charge is 0.465 e. The summed E-state index contributed by atoms with van der Waals surface area (Å²) >= 11 is 1.30. The van der Waals surface area contributed by atoms with Crippen LogP contribution in [0.3, 0.4) is 0 Å². The predicted octanol–water partition coefficient (Wildman–Crippen LogP) is 5.23. The highest BCUT2D eigenvalue weighted by Crippen LogP contribution is 2.39. The van der Waals surface area contributed by atoms with Gasteiger partial charge < -0.3 is 9.67 Å². The van der Waals surface area contributed by atoms with Crippen molar-refractivity contribution in [2.45, 2.75) is 16.3 Å². The van der Waals surface area contributed by atoms with Crippen LogP contribution in [0, 0.1) is 10.1 Å². The quantitative estimate of drug-likeness (QED) is 0.326. The molecule has 8 nitrogen and oxygen atoms in total. The van der Waals surface area contributed by atoms with Crippen LogP contribution < -0.4 is 5.32 Å². The second-order valence-electron chi connectivity index (χ2n) is 6.43. The van der Waals surface area contributed by atoms with E-state index in [0.717, 1.165) is 21.5 Å². The Morgan fingerprint density at radius 2 is 1.93 bits per heavy atom. The third kappa shape index (κ3) is 4.11. The van der Waals surface area contributed by atoms with Gasteiger partial charge in [0.25, 0.3) is 5.69 Å². The number of amides is 1. The van der Waals surface area contributed by atoms with Crippen LogP contribution in [0.1, 0.15) is 5.69 Å². The summed E-state index contributed by atoms with van der Waals surface area (Å²) in [6.45, 7) is 0.477. The van der Waals surface area contributed by atoms with Crippen molar-refractivity contribution in [3.05, 3.63) is 88.9 Å². The zero-order valence-electron chi connectivity index (χ0n) is 15.6. The normalized spacial score (nSPS) is 10.8. The summed E-state index contributed by atoms with van der Waals surface area (Å²) in [4.78, 5) is 27.7. The number of hydrogen-bond acceptors (Lipinski definition) is 5. The summed E-state index contributed by atoms with van der Waals surface area (Å²) in [6, 6.07) is 17.5. The number of benzene rings is 2. The van der Waals surface area contributed by atoms with E-state index >= 15 is 0 Å². The van der Waals surface area contributed by atoms with E-state index in [2.05, 4.69) is 10.3 Å². The van der Waals surface area contributed by atoms with E-state index in [-0.39, 0.29) is 5.69 Å². The van der Waals surface area contributed by atoms with Gasteiger partial charge >= 0.3 is 6.09 Å². The number of carboxylic acid groups (broad SMARTS) is 1. The fourth-order valence-corrected chi connectivity index (χ4v) is 4.24. The average Bonchev–Trinajstić information content (AvgIpc) is 3.05. The summed E-state index contributed by atoms with van der Waals surface area (Å²) in [6.07, 6.45) is 2.47. The molecule has 0 unspecified atom stereocenters. The molecule has 0 atom stereocenters. The molecule has 0 aliphatic heterocycles. The van der Waals surface area contributed by atoms with Crippen molar-refractivity contribution in [1.29, 1.82) is 0 Å².